The summed E-state index contributed by atoms with van der Waals surface area (Å²) in [6, 6.07) is 0.344. The average molecular weight is 276 g/mol. The predicted octanol–water partition coefficient (Wildman–Crippen LogP) is 2.56. The number of hydrogen-bond donors (Lipinski definition) is 1. The molecule has 0 amide bonds. The van der Waals surface area contributed by atoms with Gasteiger partial charge in [-0.1, -0.05) is 12.8 Å². The number of piperidine rings is 1. The van der Waals surface area contributed by atoms with Crippen molar-refractivity contribution >= 4 is 0 Å². The Morgan fingerprint density at radius 3 is 2.55 bits per heavy atom. The van der Waals surface area contributed by atoms with Crippen molar-refractivity contribution in [3.63, 3.8) is 0 Å². The number of nitrogens with zero attached hydrogens (tertiary/aromatic N) is 3. The van der Waals surface area contributed by atoms with Crippen molar-refractivity contribution in [3.8, 4) is 0 Å². The van der Waals surface area contributed by atoms with Crippen molar-refractivity contribution in [2.75, 3.05) is 19.6 Å². The Kier molecular flexibility index (Phi) is 4.13. The highest BCUT2D eigenvalue weighted by atomic mass is 15.2. The summed E-state index contributed by atoms with van der Waals surface area (Å²) in [5.41, 5.74) is 8.05. The van der Waals surface area contributed by atoms with Gasteiger partial charge in [-0.2, -0.15) is 0 Å². The highest BCUT2D eigenvalue weighted by Crippen LogP contribution is 2.47. The molecular weight excluding hydrogens is 248 g/mol. The van der Waals surface area contributed by atoms with Gasteiger partial charge < -0.3 is 10.3 Å². The first-order valence-electron chi connectivity index (χ1n) is 8.22. The van der Waals surface area contributed by atoms with Crippen LogP contribution in [-0.4, -0.2) is 34.1 Å². The molecule has 112 valence electrons. The number of rotatable bonds is 4. The first-order chi connectivity index (χ1) is 9.78. The fourth-order valence-corrected chi connectivity index (χ4v) is 4.26. The SMILES string of the molecule is CCn1cncc1C(CN)N1CCC2(CCCC2)CC1. The topological polar surface area (TPSA) is 47.1 Å². The van der Waals surface area contributed by atoms with Crippen LogP contribution in [-0.2, 0) is 6.54 Å². The summed E-state index contributed by atoms with van der Waals surface area (Å²) >= 11 is 0. The lowest BCUT2D eigenvalue weighted by atomic mass is 9.76. The van der Waals surface area contributed by atoms with Crippen LogP contribution in [0.5, 0.6) is 0 Å². The number of aromatic nitrogens is 2. The molecule has 0 bridgehead atoms. The molecule has 1 atom stereocenters. The van der Waals surface area contributed by atoms with Crippen LogP contribution in [0, 0.1) is 5.41 Å². The van der Waals surface area contributed by atoms with E-state index in [4.69, 9.17) is 5.73 Å². The van der Waals surface area contributed by atoms with Crippen LogP contribution in [0.4, 0.5) is 0 Å². The smallest absolute Gasteiger partial charge is 0.0948 e. The lowest BCUT2D eigenvalue weighted by Gasteiger charge is -2.42. The van der Waals surface area contributed by atoms with E-state index in [0.717, 1.165) is 6.54 Å². The Bertz CT molecular complexity index is 423. The molecule has 1 aromatic heterocycles. The summed E-state index contributed by atoms with van der Waals surface area (Å²) in [7, 11) is 0. The molecule has 2 aliphatic rings. The van der Waals surface area contributed by atoms with E-state index in [-0.39, 0.29) is 0 Å². The van der Waals surface area contributed by atoms with E-state index in [1.165, 1.54) is 57.3 Å². The second-order valence-electron chi connectivity index (χ2n) is 6.60. The van der Waals surface area contributed by atoms with Crippen molar-refractivity contribution in [2.24, 2.45) is 11.1 Å². The van der Waals surface area contributed by atoms with E-state index in [9.17, 15) is 0 Å². The van der Waals surface area contributed by atoms with Gasteiger partial charge in [0.2, 0.25) is 0 Å². The maximum Gasteiger partial charge on any atom is 0.0948 e. The van der Waals surface area contributed by atoms with E-state index < -0.39 is 0 Å². The van der Waals surface area contributed by atoms with E-state index in [0.29, 0.717) is 18.0 Å². The molecule has 0 aromatic carbocycles. The number of likely N-dealkylation sites (tertiary alicyclic amines) is 1. The van der Waals surface area contributed by atoms with Crippen molar-refractivity contribution in [2.45, 2.75) is 58.0 Å². The molecule has 4 heteroatoms. The number of nitrogens with two attached hydrogens (primary N) is 1. The van der Waals surface area contributed by atoms with Crippen molar-refractivity contribution < 1.29 is 0 Å². The molecule has 20 heavy (non-hydrogen) atoms. The molecule has 2 heterocycles. The summed E-state index contributed by atoms with van der Waals surface area (Å²) in [5.74, 6) is 0. The van der Waals surface area contributed by atoms with E-state index in [1.807, 2.05) is 12.5 Å². The highest BCUT2D eigenvalue weighted by molar-refractivity contribution is 5.07. The summed E-state index contributed by atoms with van der Waals surface area (Å²) in [6.07, 6.45) is 12.5. The first kappa shape index (κ1) is 14.1. The van der Waals surface area contributed by atoms with E-state index >= 15 is 0 Å². The molecule has 1 spiro atoms. The summed E-state index contributed by atoms with van der Waals surface area (Å²) in [6.45, 7) is 6.25. The van der Waals surface area contributed by atoms with Gasteiger partial charge in [-0.15, -0.1) is 0 Å². The Hall–Kier alpha value is -0.870. The Balaban J connectivity index is 1.69. The predicted molar refractivity (Wildman–Crippen MR) is 81.4 cm³/mol. The molecule has 2 fully saturated rings. The van der Waals surface area contributed by atoms with Crippen molar-refractivity contribution in [1.29, 1.82) is 0 Å². The third kappa shape index (κ3) is 2.51. The average Bonchev–Trinajstić information content (AvgIpc) is 3.12. The number of aryl methyl sites for hydroxylation is 1. The van der Waals surface area contributed by atoms with Gasteiger partial charge in [-0.25, -0.2) is 4.98 Å². The van der Waals surface area contributed by atoms with Gasteiger partial charge in [0.25, 0.3) is 0 Å². The molecule has 1 aliphatic heterocycles. The van der Waals surface area contributed by atoms with Crippen LogP contribution < -0.4 is 5.73 Å². The number of hydrogen-bond acceptors (Lipinski definition) is 3. The molecule has 1 saturated heterocycles. The third-order valence-corrected chi connectivity index (χ3v) is 5.61. The fraction of sp³-hybridized carbons (Fsp3) is 0.812. The normalized spacial score (nSPS) is 24.3. The van der Waals surface area contributed by atoms with Crippen LogP contribution in [0.15, 0.2) is 12.5 Å². The third-order valence-electron chi connectivity index (χ3n) is 5.61. The quantitative estimate of drug-likeness (QED) is 0.919. The zero-order valence-corrected chi connectivity index (χ0v) is 12.7. The molecule has 1 saturated carbocycles. The van der Waals surface area contributed by atoms with Gasteiger partial charge in [-0.3, -0.25) is 4.90 Å². The Morgan fingerprint density at radius 2 is 1.95 bits per heavy atom. The highest BCUT2D eigenvalue weighted by Gasteiger charge is 2.38. The van der Waals surface area contributed by atoms with Crippen LogP contribution in [0.25, 0.3) is 0 Å². The summed E-state index contributed by atoms with van der Waals surface area (Å²) in [4.78, 5) is 6.90. The summed E-state index contributed by atoms with van der Waals surface area (Å²) < 4.78 is 2.23. The minimum Gasteiger partial charge on any atom is -0.333 e. The maximum absolute atomic E-state index is 6.08. The van der Waals surface area contributed by atoms with Gasteiger partial charge in [-0.05, 0) is 51.1 Å². The van der Waals surface area contributed by atoms with Crippen molar-refractivity contribution in [3.05, 3.63) is 18.2 Å². The first-order valence-corrected chi connectivity index (χ1v) is 8.22. The molecule has 2 N–H and O–H groups in total. The van der Waals surface area contributed by atoms with Crippen LogP contribution in [0.2, 0.25) is 0 Å². The minimum absolute atomic E-state index is 0.344. The number of imidazole rings is 1. The maximum atomic E-state index is 6.08. The Labute approximate surface area is 122 Å². The van der Waals surface area contributed by atoms with Crippen molar-refractivity contribution in [1.82, 2.24) is 14.5 Å². The standard InChI is InChI=1S/C16H28N4/c1-2-19-13-18-12-15(19)14(11-17)20-9-7-16(8-10-20)5-3-4-6-16/h12-14H,2-11,17H2,1H3. The summed E-state index contributed by atoms with van der Waals surface area (Å²) in [5, 5.41) is 0. The van der Waals surface area contributed by atoms with Crippen LogP contribution in [0.3, 0.4) is 0 Å². The van der Waals surface area contributed by atoms with E-state index in [1.54, 1.807) is 0 Å². The lowest BCUT2D eigenvalue weighted by Crippen LogP contribution is -2.43. The largest absolute Gasteiger partial charge is 0.333 e. The van der Waals surface area contributed by atoms with Gasteiger partial charge >= 0.3 is 0 Å². The molecule has 3 rings (SSSR count). The fourth-order valence-electron chi connectivity index (χ4n) is 4.26. The van der Waals surface area contributed by atoms with Crippen LogP contribution in [0.1, 0.15) is 57.2 Å². The molecule has 1 aromatic rings. The Morgan fingerprint density at radius 1 is 1.25 bits per heavy atom. The molecule has 1 aliphatic carbocycles. The minimum atomic E-state index is 0.344. The zero-order chi connectivity index (χ0) is 14.0. The van der Waals surface area contributed by atoms with Gasteiger partial charge in [0.05, 0.1) is 18.1 Å². The second kappa shape index (κ2) is 5.86. The van der Waals surface area contributed by atoms with E-state index in [2.05, 4.69) is 21.4 Å². The lowest BCUT2D eigenvalue weighted by molar-refractivity contribution is 0.0754. The molecule has 4 nitrogen and oxygen atoms in total. The monoisotopic (exact) mass is 276 g/mol. The molecular formula is C16H28N4. The molecule has 1 unspecified atom stereocenters. The van der Waals surface area contributed by atoms with Gasteiger partial charge in [0.15, 0.2) is 0 Å². The van der Waals surface area contributed by atoms with Gasteiger partial charge in [0, 0.05) is 19.3 Å². The molecule has 0 radical (unpaired) electrons. The second-order valence-corrected chi connectivity index (χ2v) is 6.60. The van der Waals surface area contributed by atoms with Gasteiger partial charge in [0.1, 0.15) is 0 Å². The van der Waals surface area contributed by atoms with Crippen LogP contribution >= 0.6 is 0 Å². The zero-order valence-electron chi connectivity index (χ0n) is 12.7.